The van der Waals surface area contributed by atoms with Crippen LogP contribution >= 0.6 is 7.60 Å². The Labute approximate surface area is 265 Å². The second kappa shape index (κ2) is 24.7. The van der Waals surface area contributed by atoms with Crippen molar-refractivity contribution in [1.29, 1.82) is 0 Å². The van der Waals surface area contributed by atoms with Crippen molar-refractivity contribution < 1.29 is 23.8 Å². The average Bonchev–Trinajstić information content (AvgIpc) is 3.42. The molecule has 0 aliphatic rings. The number of hydrogen-bond donors (Lipinski definition) is 5. The second-order valence-electron chi connectivity index (χ2n) is 12.0. The van der Waals surface area contributed by atoms with E-state index in [-0.39, 0.29) is 24.9 Å². The Morgan fingerprint density at radius 3 is 1.86 bits per heavy atom. The third-order valence-corrected chi connectivity index (χ3v) is 10.2. The zero-order chi connectivity index (χ0) is 31.7. The fourth-order valence-corrected chi connectivity index (χ4v) is 7.33. The van der Waals surface area contributed by atoms with E-state index in [9.17, 15) is 14.5 Å². The SMILES string of the molecule is CCOP(=O)(C[C@@H](O)CNCc1c[nH]c2c(=O)[nH]cnc12)OCCCCCCCCCCCCCCCCCCCCCO. The van der Waals surface area contributed by atoms with Gasteiger partial charge in [-0.25, -0.2) is 4.98 Å². The molecule has 5 N–H and O–H groups in total. The summed E-state index contributed by atoms with van der Waals surface area (Å²) in [5.41, 5.74) is 1.59. The molecular weight excluding hydrogens is 579 g/mol. The van der Waals surface area contributed by atoms with Crippen molar-refractivity contribution >= 4 is 18.6 Å². The first-order valence-corrected chi connectivity index (χ1v) is 19.1. The van der Waals surface area contributed by atoms with Crippen LogP contribution in [0, 0.1) is 0 Å². The molecule has 10 nitrogen and oxygen atoms in total. The monoisotopic (exact) mass is 640 g/mol. The van der Waals surface area contributed by atoms with Crippen molar-refractivity contribution in [3.63, 3.8) is 0 Å². The fraction of sp³-hybridized carbons (Fsp3) is 0.818. The number of unbranched alkanes of at least 4 members (excludes halogenated alkanes) is 18. The normalized spacial score (nSPS) is 13.9. The van der Waals surface area contributed by atoms with Gasteiger partial charge in [-0.3, -0.25) is 9.36 Å². The number of aromatic nitrogens is 3. The smallest absolute Gasteiger partial charge is 0.333 e. The summed E-state index contributed by atoms with van der Waals surface area (Å²) in [7, 11) is -3.38. The molecule has 0 spiro atoms. The molecule has 0 aromatic carbocycles. The maximum absolute atomic E-state index is 13.1. The molecule has 0 bridgehead atoms. The van der Waals surface area contributed by atoms with Crippen LogP contribution in [-0.2, 0) is 20.2 Å². The van der Waals surface area contributed by atoms with Crippen molar-refractivity contribution in [2.45, 2.75) is 142 Å². The predicted molar refractivity (Wildman–Crippen MR) is 179 cm³/mol. The van der Waals surface area contributed by atoms with Crippen molar-refractivity contribution in [2.75, 3.05) is 32.5 Å². The Morgan fingerprint density at radius 2 is 1.34 bits per heavy atom. The van der Waals surface area contributed by atoms with Crippen molar-refractivity contribution in [3.05, 3.63) is 28.4 Å². The molecule has 254 valence electrons. The van der Waals surface area contributed by atoms with Crippen LogP contribution in [0.25, 0.3) is 11.0 Å². The van der Waals surface area contributed by atoms with E-state index in [1.807, 2.05) is 0 Å². The van der Waals surface area contributed by atoms with Crippen LogP contribution in [0.4, 0.5) is 0 Å². The molecular formula is C33H61N4O6P. The van der Waals surface area contributed by atoms with E-state index in [4.69, 9.17) is 14.2 Å². The van der Waals surface area contributed by atoms with Gasteiger partial charge in [0.1, 0.15) is 5.52 Å². The zero-order valence-electron chi connectivity index (χ0n) is 27.3. The second-order valence-corrected chi connectivity index (χ2v) is 14.1. The quantitative estimate of drug-likeness (QED) is 0.0439. The van der Waals surface area contributed by atoms with Crippen molar-refractivity contribution in [3.8, 4) is 0 Å². The number of aliphatic hydroxyl groups is 2. The van der Waals surface area contributed by atoms with Gasteiger partial charge in [0, 0.05) is 31.5 Å². The van der Waals surface area contributed by atoms with Crippen LogP contribution in [-0.4, -0.2) is 63.8 Å². The van der Waals surface area contributed by atoms with Crippen LogP contribution in [0.5, 0.6) is 0 Å². The lowest BCUT2D eigenvalue weighted by atomic mass is 10.0. The molecule has 0 fully saturated rings. The number of nitrogens with zero attached hydrogens (tertiary/aromatic N) is 1. The standard InChI is InChI=1S/C33H61N4O6P/c1-2-42-44(41,27-30(39)26-34-24-29-25-35-32-31(29)36-28-37-33(32)40)43-23-21-19-17-15-13-11-9-7-5-3-4-6-8-10-12-14-16-18-20-22-38/h25,28,30,34-35,38-39H,2-24,26-27H2,1H3,(H,36,37,40)/t30-,44?/m0/s1. The molecule has 0 radical (unpaired) electrons. The van der Waals surface area contributed by atoms with Gasteiger partial charge in [-0.15, -0.1) is 0 Å². The molecule has 2 heterocycles. The molecule has 0 aliphatic heterocycles. The molecule has 0 aliphatic carbocycles. The zero-order valence-corrected chi connectivity index (χ0v) is 28.2. The van der Waals surface area contributed by atoms with Crippen molar-refractivity contribution in [2.24, 2.45) is 0 Å². The first-order chi connectivity index (χ1) is 21.5. The van der Waals surface area contributed by atoms with E-state index in [1.54, 1.807) is 13.1 Å². The van der Waals surface area contributed by atoms with Gasteiger partial charge in [0.25, 0.3) is 5.56 Å². The first kappa shape index (κ1) is 38.6. The summed E-state index contributed by atoms with van der Waals surface area (Å²) in [6.07, 6.45) is 26.0. The van der Waals surface area contributed by atoms with E-state index < -0.39 is 13.7 Å². The minimum atomic E-state index is -3.38. The van der Waals surface area contributed by atoms with E-state index in [1.165, 1.54) is 103 Å². The van der Waals surface area contributed by atoms with Crippen LogP contribution in [0.2, 0.25) is 0 Å². The Morgan fingerprint density at radius 1 is 0.818 bits per heavy atom. The topological polar surface area (TPSA) is 150 Å². The molecule has 11 heteroatoms. The van der Waals surface area contributed by atoms with E-state index in [0.29, 0.717) is 30.8 Å². The number of aliphatic hydroxyl groups excluding tert-OH is 2. The van der Waals surface area contributed by atoms with Crippen LogP contribution < -0.4 is 10.9 Å². The van der Waals surface area contributed by atoms with E-state index in [0.717, 1.165) is 31.2 Å². The summed E-state index contributed by atoms with van der Waals surface area (Å²) in [6.45, 7) is 3.37. The number of rotatable bonds is 30. The van der Waals surface area contributed by atoms with Gasteiger partial charge in [0.2, 0.25) is 0 Å². The highest BCUT2D eigenvalue weighted by Gasteiger charge is 2.28. The molecule has 2 atom stereocenters. The third kappa shape index (κ3) is 17.2. The van der Waals surface area contributed by atoms with Crippen LogP contribution in [0.1, 0.15) is 134 Å². The van der Waals surface area contributed by atoms with Gasteiger partial charge in [-0.05, 0) is 19.8 Å². The highest BCUT2D eigenvalue weighted by atomic mass is 31.2. The number of fused-ring (bicyclic) bond motifs is 1. The highest BCUT2D eigenvalue weighted by molar-refractivity contribution is 7.53. The molecule has 2 aromatic rings. The van der Waals surface area contributed by atoms with Gasteiger partial charge in [0.05, 0.1) is 37.3 Å². The van der Waals surface area contributed by atoms with Crippen LogP contribution in [0.15, 0.2) is 17.3 Å². The fourth-order valence-electron chi connectivity index (χ4n) is 5.60. The molecule has 0 saturated heterocycles. The maximum atomic E-state index is 13.1. The Hall–Kier alpha value is -1.55. The molecule has 0 amide bonds. The number of nitrogens with one attached hydrogen (secondary N) is 3. The Balaban J connectivity index is 1.42. The lowest BCUT2D eigenvalue weighted by molar-refractivity contribution is 0.162. The predicted octanol–water partition coefficient (Wildman–Crippen LogP) is 7.35. The Kier molecular flexibility index (Phi) is 21.6. The summed E-state index contributed by atoms with van der Waals surface area (Å²) >= 11 is 0. The molecule has 2 aromatic heterocycles. The first-order valence-electron chi connectivity index (χ1n) is 17.4. The van der Waals surface area contributed by atoms with Gasteiger partial charge in [-0.2, -0.15) is 0 Å². The van der Waals surface area contributed by atoms with Gasteiger partial charge < -0.3 is 34.5 Å². The molecule has 44 heavy (non-hydrogen) atoms. The minimum Gasteiger partial charge on any atom is -0.396 e. The summed E-state index contributed by atoms with van der Waals surface area (Å²) in [6, 6.07) is 0. The largest absolute Gasteiger partial charge is 0.396 e. The average molecular weight is 641 g/mol. The van der Waals surface area contributed by atoms with Gasteiger partial charge in [0.15, 0.2) is 0 Å². The van der Waals surface area contributed by atoms with Crippen LogP contribution in [0.3, 0.4) is 0 Å². The van der Waals surface area contributed by atoms with Gasteiger partial charge in [-0.1, -0.05) is 109 Å². The number of hydrogen-bond acceptors (Lipinski definition) is 8. The molecule has 0 saturated carbocycles. The summed E-state index contributed by atoms with van der Waals surface area (Å²) < 4.78 is 24.3. The molecule has 2 rings (SSSR count). The summed E-state index contributed by atoms with van der Waals surface area (Å²) in [5, 5.41) is 22.4. The lowest BCUT2D eigenvalue weighted by Crippen LogP contribution is -2.29. The third-order valence-electron chi connectivity index (χ3n) is 8.09. The summed E-state index contributed by atoms with van der Waals surface area (Å²) in [4.78, 5) is 21.5. The summed E-state index contributed by atoms with van der Waals surface area (Å²) in [5.74, 6) is 0. The minimum absolute atomic E-state index is 0.0631. The number of aromatic amines is 2. The van der Waals surface area contributed by atoms with E-state index in [2.05, 4.69) is 20.3 Å². The van der Waals surface area contributed by atoms with Crippen molar-refractivity contribution in [1.82, 2.24) is 20.3 Å². The lowest BCUT2D eigenvalue weighted by Gasteiger charge is -2.21. The maximum Gasteiger partial charge on any atom is 0.333 e. The van der Waals surface area contributed by atoms with Gasteiger partial charge >= 0.3 is 7.60 Å². The Bertz CT molecular complexity index is 1080. The number of H-pyrrole nitrogens is 2. The van der Waals surface area contributed by atoms with E-state index >= 15 is 0 Å². The highest BCUT2D eigenvalue weighted by Crippen LogP contribution is 2.48. The molecule has 1 unspecified atom stereocenters.